The van der Waals surface area contributed by atoms with Gasteiger partial charge in [0.1, 0.15) is 0 Å². The minimum absolute atomic E-state index is 0. The number of anilines is 2. The van der Waals surface area contributed by atoms with E-state index in [0.29, 0.717) is 0 Å². The van der Waals surface area contributed by atoms with Gasteiger partial charge in [0.2, 0.25) is 0 Å². The molecule has 0 fully saturated rings. The normalized spacial score (nSPS) is 14.8. The Labute approximate surface area is 113 Å². The van der Waals surface area contributed by atoms with Gasteiger partial charge in [-0.3, -0.25) is 4.90 Å². The van der Waals surface area contributed by atoms with Gasteiger partial charge in [-0.05, 0) is 24.9 Å². The Kier molecular flexibility index (Phi) is 6.48. The van der Waals surface area contributed by atoms with Crippen LogP contribution in [0, 0.1) is 0 Å². The Morgan fingerprint density at radius 2 is 1.81 bits per heavy atom. The quantitative estimate of drug-likeness (QED) is 0.877. The summed E-state index contributed by atoms with van der Waals surface area (Å²) in [6.07, 6.45) is 2.27. The van der Waals surface area contributed by atoms with Crippen molar-refractivity contribution in [3.63, 3.8) is 0 Å². The van der Waals surface area contributed by atoms with E-state index in [4.69, 9.17) is 11.5 Å². The average Bonchev–Trinajstić information content (AvgIpc) is 2.43. The second-order valence-corrected chi connectivity index (χ2v) is 4.90. The van der Waals surface area contributed by atoms with E-state index in [2.05, 4.69) is 11.8 Å². The zero-order valence-corrected chi connectivity index (χ0v) is 11.8. The van der Waals surface area contributed by atoms with Crippen LogP contribution in [-0.4, -0.2) is 18.0 Å². The summed E-state index contributed by atoms with van der Waals surface area (Å²) in [4.78, 5) is 2.45. The molecule has 1 aliphatic heterocycles. The second kappa shape index (κ2) is 6.55. The first-order chi connectivity index (χ1) is 6.72. The predicted octanol–water partition coefficient (Wildman–Crippen LogP) is 2.52. The summed E-state index contributed by atoms with van der Waals surface area (Å²) in [5.41, 5.74) is 14.4. The molecule has 1 aromatic heterocycles. The first-order valence-corrected chi connectivity index (χ1v) is 5.91. The van der Waals surface area contributed by atoms with Gasteiger partial charge >= 0.3 is 0 Å². The van der Waals surface area contributed by atoms with Crippen LogP contribution in [0.4, 0.5) is 10.0 Å². The van der Waals surface area contributed by atoms with Crippen LogP contribution >= 0.6 is 36.2 Å². The fourth-order valence-electron chi connectivity index (χ4n) is 2.07. The third kappa shape index (κ3) is 2.94. The number of halogens is 2. The first-order valence-electron chi connectivity index (χ1n) is 5.10. The lowest BCUT2D eigenvalue weighted by atomic mass is 10.0. The van der Waals surface area contributed by atoms with Gasteiger partial charge in [0.25, 0.3) is 0 Å². The van der Waals surface area contributed by atoms with Crippen molar-refractivity contribution in [3.8, 4) is 0 Å². The highest BCUT2D eigenvalue weighted by atomic mass is 35.5. The van der Waals surface area contributed by atoms with Gasteiger partial charge in [-0.1, -0.05) is 6.92 Å². The third-order valence-corrected chi connectivity index (χ3v) is 3.71. The van der Waals surface area contributed by atoms with Crippen molar-refractivity contribution in [2.45, 2.75) is 26.3 Å². The van der Waals surface area contributed by atoms with Crippen molar-refractivity contribution in [2.75, 3.05) is 24.6 Å². The molecule has 0 amide bonds. The van der Waals surface area contributed by atoms with Crippen molar-refractivity contribution in [2.24, 2.45) is 0 Å². The summed E-state index contributed by atoms with van der Waals surface area (Å²) in [7, 11) is 0. The Balaban J connectivity index is 0.00000112. The molecule has 4 N–H and O–H groups in total. The smallest absolute Gasteiger partial charge is 0.0926 e. The zero-order valence-electron chi connectivity index (χ0n) is 9.36. The van der Waals surface area contributed by atoms with Gasteiger partial charge in [-0.25, -0.2) is 0 Å². The molecular formula is C10H19Cl2N3S. The highest BCUT2D eigenvalue weighted by Crippen LogP contribution is 2.36. The molecule has 0 spiro atoms. The molecule has 0 radical (unpaired) electrons. The number of nitrogen functional groups attached to an aromatic ring is 2. The van der Waals surface area contributed by atoms with Gasteiger partial charge in [0, 0.05) is 18.7 Å². The number of nitrogens with zero attached hydrogens (tertiary/aromatic N) is 1. The van der Waals surface area contributed by atoms with E-state index in [1.165, 1.54) is 28.9 Å². The molecule has 2 heterocycles. The monoisotopic (exact) mass is 283 g/mol. The maximum atomic E-state index is 5.93. The molecule has 0 saturated heterocycles. The number of hydrogen-bond donors (Lipinski definition) is 2. The molecule has 1 aliphatic rings. The third-order valence-electron chi connectivity index (χ3n) is 2.78. The first kappa shape index (κ1) is 15.8. The molecule has 0 aromatic carbocycles. The highest BCUT2D eigenvalue weighted by molar-refractivity contribution is 7.20. The summed E-state index contributed by atoms with van der Waals surface area (Å²) in [5, 5.41) is 1.84. The largest absolute Gasteiger partial charge is 0.390 e. The summed E-state index contributed by atoms with van der Waals surface area (Å²) < 4.78 is 0. The number of hydrogen-bond acceptors (Lipinski definition) is 4. The van der Waals surface area contributed by atoms with Gasteiger partial charge in [0.05, 0.1) is 10.0 Å². The van der Waals surface area contributed by atoms with Gasteiger partial charge < -0.3 is 11.5 Å². The standard InChI is InChI=1S/C10H17N3S.2ClH/c1-2-4-13-5-3-7-8(6-13)10(12)14-9(7)11;;/h2-6,11-12H2,1H3;2*1H. The number of rotatable bonds is 2. The molecule has 0 saturated carbocycles. The maximum absolute atomic E-state index is 5.93. The van der Waals surface area contributed by atoms with Crippen molar-refractivity contribution in [3.05, 3.63) is 11.1 Å². The molecule has 0 unspecified atom stereocenters. The fourth-order valence-corrected chi connectivity index (χ4v) is 2.96. The van der Waals surface area contributed by atoms with Crippen LogP contribution in [0.15, 0.2) is 0 Å². The maximum Gasteiger partial charge on any atom is 0.0926 e. The number of nitrogens with two attached hydrogens (primary N) is 2. The van der Waals surface area contributed by atoms with Crippen LogP contribution in [0.1, 0.15) is 24.5 Å². The lowest BCUT2D eigenvalue weighted by Crippen LogP contribution is -2.31. The molecule has 2 rings (SSSR count). The molecule has 3 nitrogen and oxygen atoms in total. The van der Waals surface area contributed by atoms with Crippen LogP contribution in [0.2, 0.25) is 0 Å². The average molecular weight is 284 g/mol. The lowest BCUT2D eigenvalue weighted by molar-refractivity contribution is 0.256. The van der Waals surface area contributed by atoms with Gasteiger partial charge in [-0.15, -0.1) is 36.2 Å². The minimum Gasteiger partial charge on any atom is -0.390 e. The second-order valence-electron chi connectivity index (χ2n) is 3.81. The fraction of sp³-hybridized carbons (Fsp3) is 0.600. The van der Waals surface area contributed by atoms with E-state index in [9.17, 15) is 0 Å². The predicted molar refractivity (Wildman–Crippen MR) is 76.9 cm³/mol. The summed E-state index contributed by atoms with van der Waals surface area (Å²) in [6.45, 7) is 5.49. The minimum atomic E-state index is 0. The molecule has 0 aliphatic carbocycles. The Bertz CT molecular complexity index is 341. The molecule has 94 valence electrons. The van der Waals surface area contributed by atoms with Gasteiger partial charge in [0.15, 0.2) is 0 Å². The topological polar surface area (TPSA) is 55.3 Å². The van der Waals surface area contributed by atoms with E-state index in [1.807, 2.05) is 0 Å². The summed E-state index contributed by atoms with van der Waals surface area (Å²) in [6, 6.07) is 0. The van der Waals surface area contributed by atoms with Crippen molar-refractivity contribution in [1.82, 2.24) is 4.90 Å². The van der Waals surface area contributed by atoms with Crippen molar-refractivity contribution in [1.29, 1.82) is 0 Å². The van der Waals surface area contributed by atoms with E-state index >= 15 is 0 Å². The van der Waals surface area contributed by atoms with Crippen LogP contribution in [-0.2, 0) is 13.0 Å². The van der Waals surface area contributed by atoms with Crippen LogP contribution in [0.3, 0.4) is 0 Å². The van der Waals surface area contributed by atoms with Crippen LogP contribution in [0.25, 0.3) is 0 Å². The Morgan fingerprint density at radius 3 is 2.44 bits per heavy atom. The molecule has 6 heteroatoms. The van der Waals surface area contributed by atoms with E-state index in [-0.39, 0.29) is 24.8 Å². The molecule has 16 heavy (non-hydrogen) atoms. The SMILES string of the molecule is CCCN1CCc2c(N)sc(N)c2C1.Cl.Cl. The summed E-state index contributed by atoms with van der Waals surface area (Å²) >= 11 is 1.53. The van der Waals surface area contributed by atoms with Crippen molar-refractivity contribution < 1.29 is 0 Å². The van der Waals surface area contributed by atoms with E-state index in [0.717, 1.165) is 36.1 Å². The molecule has 1 aromatic rings. The lowest BCUT2D eigenvalue weighted by Gasteiger charge is -2.26. The molecule has 0 atom stereocenters. The highest BCUT2D eigenvalue weighted by Gasteiger charge is 2.21. The van der Waals surface area contributed by atoms with E-state index in [1.54, 1.807) is 0 Å². The molecule has 0 bridgehead atoms. The Morgan fingerprint density at radius 1 is 1.19 bits per heavy atom. The number of thiophene rings is 1. The van der Waals surface area contributed by atoms with Crippen LogP contribution in [0.5, 0.6) is 0 Å². The zero-order chi connectivity index (χ0) is 10.1. The number of fused-ring (bicyclic) bond motifs is 1. The Hall–Kier alpha value is -0.160. The van der Waals surface area contributed by atoms with Crippen molar-refractivity contribution >= 4 is 46.2 Å². The summed E-state index contributed by atoms with van der Waals surface area (Å²) in [5.74, 6) is 0. The molecular weight excluding hydrogens is 265 g/mol. The van der Waals surface area contributed by atoms with Gasteiger partial charge in [-0.2, -0.15) is 0 Å². The van der Waals surface area contributed by atoms with E-state index < -0.39 is 0 Å². The van der Waals surface area contributed by atoms with Crippen LogP contribution < -0.4 is 11.5 Å².